The molecule has 0 bridgehead atoms. The summed E-state index contributed by atoms with van der Waals surface area (Å²) in [5, 5.41) is 0. The zero-order valence-corrected chi connectivity index (χ0v) is 10.4. The summed E-state index contributed by atoms with van der Waals surface area (Å²) in [6.07, 6.45) is 8.29. The monoisotopic (exact) mass is 263 g/mol. The first-order valence-electron chi connectivity index (χ1n) is 5.35. The van der Waals surface area contributed by atoms with Crippen LogP contribution in [0.25, 0.3) is 0 Å². The number of nitrogens with one attached hydrogen (secondary N) is 1. The molecular formula is C12H13N3O2S. The van der Waals surface area contributed by atoms with E-state index in [0.717, 1.165) is 0 Å². The first-order valence-corrected chi connectivity index (χ1v) is 6.83. The summed E-state index contributed by atoms with van der Waals surface area (Å²) in [4.78, 5) is 4.18. The Kier molecular flexibility index (Phi) is 3.47. The fourth-order valence-electron chi connectivity index (χ4n) is 1.45. The van der Waals surface area contributed by atoms with E-state index in [0.29, 0.717) is 17.9 Å². The highest BCUT2D eigenvalue weighted by Crippen LogP contribution is 2.18. The van der Waals surface area contributed by atoms with Crippen LogP contribution >= 0.6 is 0 Å². The standard InChI is InChI=1S/C12H13N3O2S/c13-10-4-3-5-11(8-7-10)18(16,17)15-12-6-1-2-9-14-12/h1-4,6-9H,5,13H2,(H,14,15). The van der Waals surface area contributed by atoms with Crippen molar-refractivity contribution in [3.63, 3.8) is 0 Å². The minimum absolute atomic E-state index is 0.254. The number of hydrogen-bond donors (Lipinski definition) is 2. The third kappa shape index (κ3) is 2.98. The van der Waals surface area contributed by atoms with Crippen LogP contribution in [0.5, 0.6) is 0 Å². The van der Waals surface area contributed by atoms with Crippen molar-refractivity contribution in [3.8, 4) is 0 Å². The summed E-state index contributed by atoms with van der Waals surface area (Å²) in [5.74, 6) is 0.295. The van der Waals surface area contributed by atoms with E-state index >= 15 is 0 Å². The van der Waals surface area contributed by atoms with Gasteiger partial charge in [-0.3, -0.25) is 4.72 Å². The molecular weight excluding hydrogens is 250 g/mol. The number of nitrogens with zero attached hydrogens (tertiary/aromatic N) is 1. The van der Waals surface area contributed by atoms with Crippen molar-refractivity contribution in [2.75, 3.05) is 4.72 Å². The molecule has 1 heterocycles. The molecule has 0 saturated heterocycles. The van der Waals surface area contributed by atoms with Gasteiger partial charge in [0.05, 0.1) is 4.91 Å². The molecule has 0 amide bonds. The van der Waals surface area contributed by atoms with Crippen molar-refractivity contribution in [1.82, 2.24) is 4.98 Å². The highest BCUT2D eigenvalue weighted by atomic mass is 32.2. The lowest BCUT2D eigenvalue weighted by atomic mass is 10.4. The van der Waals surface area contributed by atoms with Gasteiger partial charge in [-0.25, -0.2) is 13.4 Å². The van der Waals surface area contributed by atoms with E-state index < -0.39 is 10.0 Å². The SMILES string of the molecule is NC1=CC=C(S(=O)(=O)Nc2ccccn2)CC=C1. The third-order valence-corrected chi connectivity index (χ3v) is 3.81. The molecule has 0 unspecified atom stereocenters. The minimum atomic E-state index is -3.59. The van der Waals surface area contributed by atoms with E-state index in [1.54, 1.807) is 36.4 Å². The van der Waals surface area contributed by atoms with E-state index in [1.165, 1.54) is 12.3 Å². The van der Waals surface area contributed by atoms with Crippen molar-refractivity contribution in [3.05, 3.63) is 59.3 Å². The molecule has 0 aliphatic heterocycles. The number of rotatable bonds is 3. The Bertz CT molecular complexity index is 616. The number of nitrogens with two attached hydrogens (primary N) is 1. The predicted octanol–water partition coefficient (Wildman–Crippen LogP) is 1.51. The highest BCUT2D eigenvalue weighted by molar-refractivity contribution is 7.96. The molecule has 0 spiro atoms. The lowest BCUT2D eigenvalue weighted by Gasteiger charge is -2.08. The maximum atomic E-state index is 12.1. The van der Waals surface area contributed by atoms with Crippen molar-refractivity contribution in [2.24, 2.45) is 5.73 Å². The molecule has 1 aliphatic carbocycles. The molecule has 1 aromatic rings. The summed E-state index contributed by atoms with van der Waals surface area (Å²) < 4.78 is 26.6. The molecule has 0 atom stereocenters. The second-order valence-electron chi connectivity index (χ2n) is 3.73. The lowest BCUT2D eigenvalue weighted by Crippen LogP contribution is -2.15. The number of anilines is 1. The quantitative estimate of drug-likeness (QED) is 0.865. The van der Waals surface area contributed by atoms with Gasteiger partial charge >= 0.3 is 0 Å². The smallest absolute Gasteiger partial charge is 0.259 e. The lowest BCUT2D eigenvalue weighted by molar-refractivity contribution is 0.606. The molecule has 0 aromatic carbocycles. The Morgan fingerprint density at radius 3 is 2.83 bits per heavy atom. The highest BCUT2D eigenvalue weighted by Gasteiger charge is 2.17. The van der Waals surface area contributed by atoms with Gasteiger partial charge in [-0.15, -0.1) is 0 Å². The van der Waals surface area contributed by atoms with Crippen LogP contribution in [0.2, 0.25) is 0 Å². The fraction of sp³-hybridized carbons (Fsp3) is 0.0833. The fourth-order valence-corrected chi connectivity index (χ4v) is 2.54. The van der Waals surface area contributed by atoms with Crippen molar-refractivity contribution < 1.29 is 8.42 Å². The van der Waals surface area contributed by atoms with Gasteiger partial charge in [-0.1, -0.05) is 12.1 Å². The van der Waals surface area contributed by atoms with Gasteiger partial charge in [0.1, 0.15) is 5.82 Å². The topological polar surface area (TPSA) is 85.1 Å². The van der Waals surface area contributed by atoms with Crippen molar-refractivity contribution in [1.29, 1.82) is 0 Å². The van der Waals surface area contributed by atoms with Crippen LogP contribution in [0, 0.1) is 0 Å². The Hall–Kier alpha value is -2.08. The van der Waals surface area contributed by atoms with Crippen LogP contribution in [0.4, 0.5) is 5.82 Å². The van der Waals surface area contributed by atoms with Crippen LogP contribution in [-0.4, -0.2) is 13.4 Å². The predicted molar refractivity (Wildman–Crippen MR) is 70.9 cm³/mol. The average Bonchev–Trinajstić information content (AvgIpc) is 2.55. The van der Waals surface area contributed by atoms with Gasteiger partial charge in [0.2, 0.25) is 0 Å². The van der Waals surface area contributed by atoms with Crippen LogP contribution in [0.3, 0.4) is 0 Å². The Morgan fingerprint density at radius 1 is 1.28 bits per heavy atom. The number of hydrogen-bond acceptors (Lipinski definition) is 4. The second-order valence-corrected chi connectivity index (χ2v) is 5.46. The summed E-state index contributed by atoms with van der Waals surface area (Å²) in [7, 11) is -3.59. The average molecular weight is 263 g/mol. The van der Waals surface area contributed by atoms with E-state index in [1.807, 2.05) is 0 Å². The normalized spacial score (nSPS) is 15.6. The Morgan fingerprint density at radius 2 is 2.11 bits per heavy atom. The molecule has 2 rings (SSSR count). The van der Waals surface area contributed by atoms with Gasteiger partial charge in [0, 0.05) is 18.3 Å². The molecule has 0 fully saturated rings. The number of sulfonamides is 1. The van der Waals surface area contributed by atoms with Crippen LogP contribution < -0.4 is 10.5 Å². The van der Waals surface area contributed by atoms with Gasteiger partial charge in [-0.2, -0.15) is 0 Å². The molecule has 18 heavy (non-hydrogen) atoms. The Balaban J connectivity index is 2.25. The maximum absolute atomic E-state index is 12.1. The second kappa shape index (κ2) is 5.05. The van der Waals surface area contributed by atoms with E-state index in [9.17, 15) is 8.42 Å². The summed E-state index contributed by atoms with van der Waals surface area (Å²) in [5.41, 5.74) is 6.12. The molecule has 0 radical (unpaired) electrons. The minimum Gasteiger partial charge on any atom is -0.399 e. The first-order chi connectivity index (χ1) is 8.58. The number of pyridine rings is 1. The van der Waals surface area contributed by atoms with Crippen molar-refractivity contribution >= 4 is 15.8 Å². The summed E-state index contributed by atoms with van der Waals surface area (Å²) in [6.45, 7) is 0. The van der Waals surface area contributed by atoms with E-state index in [-0.39, 0.29) is 4.91 Å². The zero-order valence-electron chi connectivity index (χ0n) is 9.58. The van der Waals surface area contributed by atoms with E-state index in [2.05, 4.69) is 9.71 Å². The summed E-state index contributed by atoms with van der Waals surface area (Å²) in [6, 6.07) is 5.02. The van der Waals surface area contributed by atoms with Crippen LogP contribution in [-0.2, 0) is 10.0 Å². The van der Waals surface area contributed by atoms with Crippen LogP contribution in [0.15, 0.2) is 59.3 Å². The molecule has 3 N–H and O–H groups in total. The zero-order chi connectivity index (χ0) is 13.0. The largest absolute Gasteiger partial charge is 0.399 e. The van der Waals surface area contributed by atoms with Crippen molar-refractivity contribution in [2.45, 2.75) is 6.42 Å². The number of allylic oxidation sites excluding steroid dienone is 5. The van der Waals surface area contributed by atoms with E-state index in [4.69, 9.17) is 5.73 Å². The van der Waals surface area contributed by atoms with Gasteiger partial charge in [0.25, 0.3) is 10.0 Å². The van der Waals surface area contributed by atoms with Gasteiger partial charge < -0.3 is 5.73 Å². The van der Waals surface area contributed by atoms with Crippen LogP contribution in [0.1, 0.15) is 6.42 Å². The molecule has 1 aromatic heterocycles. The molecule has 0 saturated carbocycles. The van der Waals surface area contributed by atoms with Gasteiger partial charge in [-0.05, 0) is 30.4 Å². The molecule has 6 heteroatoms. The third-order valence-electron chi connectivity index (χ3n) is 2.34. The Labute approximate surface area is 106 Å². The molecule has 94 valence electrons. The maximum Gasteiger partial charge on any atom is 0.259 e. The number of aromatic nitrogens is 1. The van der Waals surface area contributed by atoms with Gasteiger partial charge in [0.15, 0.2) is 0 Å². The summed E-state index contributed by atoms with van der Waals surface area (Å²) >= 11 is 0. The molecule has 5 nitrogen and oxygen atoms in total. The molecule has 1 aliphatic rings. The first kappa shape index (κ1) is 12.4.